The minimum absolute atomic E-state index is 0.174. The number of nitrogens with one attached hydrogen (secondary N) is 1. The number of piperazine rings is 1. The van der Waals surface area contributed by atoms with Crippen molar-refractivity contribution in [2.24, 2.45) is 11.7 Å². The van der Waals surface area contributed by atoms with E-state index in [-0.39, 0.29) is 17.9 Å². The van der Waals surface area contributed by atoms with Gasteiger partial charge in [-0.2, -0.15) is 0 Å². The van der Waals surface area contributed by atoms with E-state index >= 15 is 0 Å². The lowest BCUT2D eigenvalue weighted by Gasteiger charge is -2.37. The molecule has 138 valence electrons. The second-order valence-corrected chi connectivity index (χ2v) is 7.62. The molecular formula is C17H26N4O3S. The normalized spacial score (nSPS) is 16.7. The average molecular weight is 366 g/mol. The van der Waals surface area contributed by atoms with Gasteiger partial charge in [-0.05, 0) is 24.3 Å². The van der Waals surface area contributed by atoms with Gasteiger partial charge in [0.2, 0.25) is 11.8 Å². The summed E-state index contributed by atoms with van der Waals surface area (Å²) in [6.45, 7) is 8.48. The zero-order valence-corrected chi connectivity index (χ0v) is 15.8. The average Bonchev–Trinajstić information content (AvgIpc) is 3.02. The Morgan fingerprint density at radius 2 is 1.84 bits per heavy atom. The number of nitrogens with zero attached hydrogens (tertiary/aromatic N) is 2. The van der Waals surface area contributed by atoms with Crippen LogP contribution in [0.15, 0.2) is 11.4 Å². The maximum absolute atomic E-state index is 12.5. The van der Waals surface area contributed by atoms with Crippen LogP contribution in [-0.2, 0) is 9.59 Å². The first-order valence-electron chi connectivity index (χ1n) is 8.49. The van der Waals surface area contributed by atoms with Crippen molar-refractivity contribution in [1.82, 2.24) is 9.80 Å². The second-order valence-electron chi connectivity index (χ2n) is 6.71. The number of anilines is 1. The Hall–Kier alpha value is -1.93. The van der Waals surface area contributed by atoms with E-state index in [9.17, 15) is 14.4 Å². The molecule has 1 atom stereocenters. The Balaban J connectivity index is 1.88. The van der Waals surface area contributed by atoms with Crippen molar-refractivity contribution in [3.8, 4) is 0 Å². The fourth-order valence-electron chi connectivity index (χ4n) is 2.82. The van der Waals surface area contributed by atoms with Gasteiger partial charge in [0.15, 0.2) is 0 Å². The molecule has 0 saturated carbocycles. The lowest BCUT2D eigenvalue weighted by atomic mass is 10.1. The fraction of sp³-hybridized carbons (Fsp3) is 0.588. The van der Waals surface area contributed by atoms with Crippen LogP contribution in [0.5, 0.6) is 0 Å². The Kier molecular flexibility index (Phi) is 6.55. The maximum Gasteiger partial charge on any atom is 0.251 e. The third kappa shape index (κ3) is 5.02. The van der Waals surface area contributed by atoms with Gasteiger partial charge >= 0.3 is 0 Å². The predicted molar refractivity (Wildman–Crippen MR) is 98.5 cm³/mol. The van der Waals surface area contributed by atoms with Crippen molar-refractivity contribution in [2.75, 3.05) is 31.5 Å². The Morgan fingerprint density at radius 1 is 1.20 bits per heavy atom. The summed E-state index contributed by atoms with van der Waals surface area (Å²) in [6, 6.07) is 1.26. The van der Waals surface area contributed by atoms with E-state index in [2.05, 4.69) is 5.32 Å². The van der Waals surface area contributed by atoms with Crippen LogP contribution in [0.1, 0.15) is 37.6 Å². The molecule has 0 radical (unpaired) electrons. The number of hydrogen-bond acceptors (Lipinski definition) is 5. The summed E-state index contributed by atoms with van der Waals surface area (Å²) in [5.74, 6) is -0.203. The first-order chi connectivity index (χ1) is 11.8. The SMILES string of the molecule is CC(C)CC(=O)N1CCN(C(C)C(=O)Nc2sccc2C(N)=O)CC1. The van der Waals surface area contributed by atoms with Gasteiger partial charge in [-0.3, -0.25) is 19.3 Å². The molecule has 0 spiro atoms. The molecule has 25 heavy (non-hydrogen) atoms. The van der Waals surface area contributed by atoms with Gasteiger partial charge in [-0.1, -0.05) is 13.8 Å². The third-order valence-corrected chi connectivity index (χ3v) is 5.17. The monoisotopic (exact) mass is 366 g/mol. The molecule has 1 unspecified atom stereocenters. The number of primary amides is 1. The van der Waals surface area contributed by atoms with E-state index in [4.69, 9.17) is 5.73 Å². The number of carbonyl (C=O) groups excluding carboxylic acids is 3. The van der Waals surface area contributed by atoms with Crippen LogP contribution < -0.4 is 11.1 Å². The molecule has 8 heteroatoms. The predicted octanol–water partition coefficient (Wildman–Crippen LogP) is 1.36. The molecule has 0 bridgehead atoms. The molecule has 0 aliphatic carbocycles. The summed E-state index contributed by atoms with van der Waals surface area (Å²) in [6.07, 6.45) is 0.560. The van der Waals surface area contributed by atoms with Gasteiger partial charge in [0, 0.05) is 32.6 Å². The zero-order valence-electron chi connectivity index (χ0n) is 14.9. The molecule has 3 amide bonds. The molecule has 1 fully saturated rings. The molecule has 7 nitrogen and oxygen atoms in total. The van der Waals surface area contributed by atoms with Crippen LogP contribution in [0.2, 0.25) is 0 Å². The quantitative estimate of drug-likeness (QED) is 0.795. The fourth-order valence-corrected chi connectivity index (χ4v) is 3.61. The van der Waals surface area contributed by atoms with E-state index in [0.29, 0.717) is 49.1 Å². The van der Waals surface area contributed by atoms with Crippen LogP contribution in [0.3, 0.4) is 0 Å². The highest BCUT2D eigenvalue weighted by Crippen LogP contribution is 2.23. The molecule has 1 saturated heterocycles. The number of amides is 3. The van der Waals surface area contributed by atoms with Gasteiger partial charge in [0.05, 0.1) is 11.6 Å². The Bertz CT molecular complexity index is 636. The minimum atomic E-state index is -0.554. The van der Waals surface area contributed by atoms with Gasteiger partial charge in [0.25, 0.3) is 5.91 Å². The minimum Gasteiger partial charge on any atom is -0.366 e. The highest BCUT2D eigenvalue weighted by Gasteiger charge is 2.28. The first-order valence-corrected chi connectivity index (χ1v) is 9.37. The molecule has 2 heterocycles. The van der Waals surface area contributed by atoms with Gasteiger partial charge in [0.1, 0.15) is 5.00 Å². The molecular weight excluding hydrogens is 340 g/mol. The molecule has 2 rings (SSSR count). The molecule has 1 aliphatic rings. The number of hydrogen-bond donors (Lipinski definition) is 2. The van der Waals surface area contributed by atoms with Gasteiger partial charge < -0.3 is 16.0 Å². The standard InChI is InChI=1S/C17H26N4O3S/c1-11(2)10-14(22)21-7-5-20(6-8-21)12(3)16(24)19-17-13(15(18)23)4-9-25-17/h4,9,11-12H,5-8,10H2,1-3H3,(H2,18,23)(H,19,24). The summed E-state index contributed by atoms with van der Waals surface area (Å²) in [4.78, 5) is 39.8. The lowest BCUT2D eigenvalue weighted by molar-refractivity contribution is -0.134. The number of rotatable bonds is 6. The first kappa shape index (κ1) is 19.4. The zero-order chi connectivity index (χ0) is 18.6. The Labute approximate surface area is 152 Å². The number of thiophene rings is 1. The van der Waals surface area contributed by atoms with Gasteiger partial charge in [-0.25, -0.2) is 0 Å². The molecule has 1 aromatic heterocycles. The topological polar surface area (TPSA) is 95.7 Å². The largest absolute Gasteiger partial charge is 0.366 e. The highest BCUT2D eigenvalue weighted by atomic mass is 32.1. The molecule has 1 aliphatic heterocycles. The molecule has 3 N–H and O–H groups in total. The van der Waals surface area contributed by atoms with Crippen LogP contribution in [0, 0.1) is 5.92 Å². The maximum atomic E-state index is 12.5. The van der Waals surface area contributed by atoms with E-state index in [0.717, 1.165) is 0 Å². The summed E-state index contributed by atoms with van der Waals surface area (Å²) >= 11 is 1.28. The summed E-state index contributed by atoms with van der Waals surface area (Å²) in [7, 11) is 0. The number of nitrogens with two attached hydrogens (primary N) is 1. The smallest absolute Gasteiger partial charge is 0.251 e. The summed E-state index contributed by atoms with van der Waals surface area (Å²) < 4.78 is 0. The second kappa shape index (κ2) is 8.44. The summed E-state index contributed by atoms with van der Waals surface area (Å²) in [5, 5.41) is 4.99. The van der Waals surface area contributed by atoms with Crippen molar-refractivity contribution < 1.29 is 14.4 Å². The van der Waals surface area contributed by atoms with E-state index in [1.165, 1.54) is 11.3 Å². The Morgan fingerprint density at radius 3 is 2.40 bits per heavy atom. The van der Waals surface area contributed by atoms with E-state index in [1.54, 1.807) is 11.4 Å². The van der Waals surface area contributed by atoms with Crippen LogP contribution >= 0.6 is 11.3 Å². The highest BCUT2D eigenvalue weighted by molar-refractivity contribution is 7.14. The van der Waals surface area contributed by atoms with Crippen molar-refractivity contribution in [3.05, 3.63) is 17.0 Å². The third-order valence-electron chi connectivity index (χ3n) is 4.34. The summed E-state index contributed by atoms with van der Waals surface area (Å²) in [5.41, 5.74) is 5.63. The van der Waals surface area contributed by atoms with E-state index in [1.807, 2.05) is 30.6 Å². The van der Waals surface area contributed by atoms with Crippen molar-refractivity contribution in [3.63, 3.8) is 0 Å². The van der Waals surface area contributed by atoms with Crippen LogP contribution in [-0.4, -0.2) is 59.7 Å². The van der Waals surface area contributed by atoms with E-state index < -0.39 is 5.91 Å². The molecule has 1 aromatic rings. The molecule has 0 aromatic carbocycles. The van der Waals surface area contributed by atoms with Crippen molar-refractivity contribution in [1.29, 1.82) is 0 Å². The van der Waals surface area contributed by atoms with Crippen LogP contribution in [0.25, 0.3) is 0 Å². The van der Waals surface area contributed by atoms with Crippen molar-refractivity contribution in [2.45, 2.75) is 33.2 Å². The lowest BCUT2D eigenvalue weighted by Crippen LogP contribution is -2.54. The number of carbonyl (C=O) groups is 3. The van der Waals surface area contributed by atoms with Crippen molar-refractivity contribution >= 4 is 34.1 Å². The van der Waals surface area contributed by atoms with Crippen LogP contribution in [0.4, 0.5) is 5.00 Å². The van der Waals surface area contributed by atoms with Gasteiger partial charge in [-0.15, -0.1) is 11.3 Å².